The molecule has 1 unspecified atom stereocenters. The summed E-state index contributed by atoms with van der Waals surface area (Å²) in [5.41, 5.74) is -3.14. The van der Waals surface area contributed by atoms with Crippen LogP contribution in [0.5, 0.6) is 0 Å². The highest BCUT2D eigenvalue weighted by Gasteiger charge is 2.67. The average Bonchev–Trinajstić information content (AvgIpc) is 2.97. The van der Waals surface area contributed by atoms with Crippen LogP contribution in [-0.4, -0.2) is 23.0 Å². The van der Waals surface area contributed by atoms with Crippen LogP contribution in [-0.2, 0) is 15.3 Å². The molecule has 0 saturated heterocycles. The summed E-state index contributed by atoms with van der Waals surface area (Å²) in [5, 5.41) is 4.19. The number of ether oxygens (including phenoxy) is 1. The van der Waals surface area contributed by atoms with Gasteiger partial charge in [0, 0.05) is 27.5 Å². The molecule has 2 aromatic carbocycles. The first-order chi connectivity index (χ1) is 12.1. The second-order valence-electron chi connectivity index (χ2n) is 5.50. The normalized spacial score (nSPS) is 19.9. The SMILES string of the molecule is CC(=O)N1N=C(c2ccc(Br)cc2)OC1(c1cccc(Cl)c1)C(F)(F)F. The van der Waals surface area contributed by atoms with Crippen molar-refractivity contribution >= 4 is 39.3 Å². The number of hydrogen-bond donors (Lipinski definition) is 0. The van der Waals surface area contributed by atoms with Crippen molar-refractivity contribution in [2.24, 2.45) is 5.10 Å². The topological polar surface area (TPSA) is 41.9 Å². The van der Waals surface area contributed by atoms with E-state index in [4.69, 9.17) is 16.3 Å². The summed E-state index contributed by atoms with van der Waals surface area (Å²) in [7, 11) is 0. The average molecular weight is 448 g/mol. The van der Waals surface area contributed by atoms with Gasteiger partial charge in [0.25, 0.3) is 0 Å². The van der Waals surface area contributed by atoms with Crippen LogP contribution in [0, 0.1) is 0 Å². The van der Waals surface area contributed by atoms with Gasteiger partial charge in [-0.05, 0) is 36.4 Å². The van der Waals surface area contributed by atoms with Crippen LogP contribution >= 0.6 is 27.5 Å². The zero-order valence-corrected chi connectivity index (χ0v) is 15.6. The first-order valence-electron chi connectivity index (χ1n) is 7.32. The Kier molecular flexibility index (Phi) is 4.74. The number of benzene rings is 2. The number of amides is 1. The van der Waals surface area contributed by atoms with Crippen molar-refractivity contribution in [1.29, 1.82) is 0 Å². The quantitative estimate of drug-likeness (QED) is 0.646. The Morgan fingerprint density at radius 3 is 2.42 bits per heavy atom. The number of alkyl halides is 3. The number of hydrogen-bond acceptors (Lipinski definition) is 3. The van der Waals surface area contributed by atoms with Gasteiger partial charge in [-0.25, -0.2) is 0 Å². The first kappa shape index (κ1) is 18.7. The Balaban J connectivity index is 2.18. The van der Waals surface area contributed by atoms with Crippen LogP contribution in [0.25, 0.3) is 0 Å². The fraction of sp³-hybridized carbons (Fsp3) is 0.176. The Labute approximate surface area is 160 Å². The van der Waals surface area contributed by atoms with Crippen LogP contribution in [0.4, 0.5) is 13.2 Å². The molecule has 1 heterocycles. The third kappa shape index (κ3) is 3.07. The molecule has 1 aliphatic heterocycles. The maximum Gasteiger partial charge on any atom is 0.455 e. The van der Waals surface area contributed by atoms with Crippen molar-refractivity contribution in [1.82, 2.24) is 5.01 Å². The molecule has 1 atom stereocenters. The van der Waals surface area contributed by atoms with Gasteiger partial charge in [0.05, 0.1) is 0 Å². The van der Waals surface area contributed by atoms with Gasteiger partial charge < -0.3 is 4.74 Å². The van der Waals surface area contributed by atoms with E-state index < -0.39 is 17.8 Å². The summed E-state index contributed by atoms with van der Waals surface area (Å²) in [4.78, 5) is 12.0. The number of rotatable bonds is 2. The van der Waals surface area contributed by atoms with Gasteiger partial charge in [-0.3, -0.25) is 4.79 Å². The predicted molar refractivity (Wildman–Crippen MR) is 93.5 cm³/mol. The molecule has 0 saturated carbocycles. The molecule has 0 fully saturated rings. The molecule has 0 aliphatic carbocycles. The van der Waals surface area contributed by atoms with E-state index in [2.05, 4.69) is 21.0 Å². The highest BCUT2D eigenvalue weighted by molar-refractivity contribution is 9.10. The smallest absolute Gasteiger partial charge is 0.433 e. The van der Waals surface area contributed by atoms with E-state index in [-0.39, 0.29) is 16.5 Å². The van der Waals surface area contributed by atoms with Gasteiger partial charge >= 0.3 is 11.9 Å². The van der Waals surface area contributed by atoms with Gasteiger partial charge in [0.2, 0.25) is 11.8 Å². The number of carbonyl (C=O) groups excluding carboxylic acids is 1. The van der Waals surface area contributed by atoms with E-state index in [9.17, 15) is 18.0 Å². The van der Waals surface area contributed by atoms with E-state index in [0.29, 0.717) is 10.6 Å². The minimum Gasteiger partial charge on any atom is -0.433 e. The molecular formula is C17H11BrClF3N2O2. The number of hydrazone groups is 1. The van der Waals surface area contributed by atoms with Gasteiger partial charge in [-0.2, -0.15) is 18.2 Å². The van der Waals surface area contributed by atoms with E-state index >= 15 is 0 Å². The molecule has 0 N–H and O–H groups in total. The summed E-state index contributed by atoms with van der Waals surface area (Å²) in [6.07, 6.45) is -4.97. The van der Waals surface area contributed by atoms with Gasteiger partial charge in [0.1, 0.15) is 0 Å². The molecule has 0 aromatic heterocycles. The van der Waals surface area contributed by atoms with Crippen molar-refractivity contribution in [2.45, 2.75) is 18.8 Å². The lowest BCUT2D eigenvalue weighted by molar-refractivity contribution is -0.299. The summed E-state index contributed by atoms with van der Waals surface area (Å²) < 4.78 is 48.5. The maximum atomic E-state index is 14.2. The van der Waals surface area contributed by atoms with Crippen LogP contribution in [0.2, 0.25) is 5.02 Å². The lowest BCUT2D eigenvalue weighted by Gasteiger charge is -2.36. The molecule has 1 aliphatic rings. The zero-order valence-electron chi connectivity index (χ0n) is 13.2. The standard InChI is InChI=1S/C17H11BrClF3N2O2/c1-10(25)24-16(17(20,21)22,12-3-2-4-14(19)9-12)26-15(23-24)11-5-7-13(18)8-6-11/h2-9H,1H3. The van der Waals surface area contributed by atoms with Gasteiger partial charge in [-0.15, -0.1) is 5.10 Å². The third-order valence-electron chi connectivity index (χ3n) is 3.72. The summed E-state index contributed by atoms with van der Waals surface area (Å²) in [6.45, 7) is 0.989. The minimum absolute atomic E-state index is 0.0790. The monoisotopic (exact) mass is 446 g/mol. The highest BCUT2D eigenvalue weighted by Crippen LogP contribution is 2.49. The first-order valence-corrected chi connectivity index (χ1v) is 8.49. The fourth-order valence-electron chi connectivity index (χ4n) is 2.59. The zero-order chi connectivity index (χ0) is 19.1. The van der Waals surface area contributed by atoms with Crippen LogP contribution in [0.1, 0.15) is 18.1 Å². The summed E-state index contributed by atoms with van der Waals surface area (Å²) in [5.74, 6) is -1.24. The maximum absolute atomic E-state index is 14.2. The molecular weight excluding hydrogens is 437 g/mol. The molecule has 4 nitrogen and oxygen atoms in total. The minimum atomic E-state index is -4.97. The summed E-state index contributed by atoms with van der Waals surface area (Å²) in [6, 6.07) is 11.4. The van der Waals surface area contributed by atoms with Gasteiger partial charge in [0.15, 0.2) is 0 Å². The van der Waals surface area contributed by atoms with Crippen LogP contribution < -0.4 is 0 Å². The van der Waals surface area contributed by atoms with E-state index in [0.717, 1.165) is 17.5 Å². The molecule has 0 radical (unpaired) electrons. The largest absolute Gasteiger partial charge is 0.455 e. The van der Waals surface area contributed by atoms with Crippen molar-refractivity contribution in [3.63, 3.8) is 0 Å². The summed E-state index contributed by atoms with van der Waals surface area (Å²) >= 11 is 9.11. The molecule has 0 spiro atoms. The predicted octanol–water partition coefficient (Wildman–Crippen LogP) is 5.06. The molecule has 9 heteroatoms. The lowest BCUT2D eigenvalue weighted by atomic mass is 10.0. The number of carbonyl (C=O) groups is 1. The second-order valence-corrected chi connectivity index (χ2v) is 6.85. The molecule has 1 amide bonds. The van der Waals surface area contributed by atoms with Gasteiger partial charge in [-0.1, -0.05) is 39.7 Å². The Morgan fingerprint density at radius 2 is 1.88 bits per heavy atom. The Hall–Kier alpha value is -2.06. The molecule has 2 aromatic rings. The molecule has 136 valence electrons. The number of halogens is 5. The van der Waals surface area contributed by atoms with Crippen LogP contribution in [0.3, 0.4) is 0 Å². The highest BCUT2D eigenvalue weighted by atomic mass is 79.9. The van der Waals surface area contributed by atoms with Crippen molar-refractivity contribution in [2.75, 3.05) is 0 Å². The van der Waals surface area contributed by atoms with Crippen LogP contribution in [0.15, 0.2) is 58.1 Å². The van der Waals surface area contributed by atoms with E-state index in [1.807, 2.05) is 0 Å². The molecule has 0 bridgehead atoms. The second kappa shape index (κ2) is 6.59. The Morgan fingerprint density at radius 1 is 1.23 bits per heavy atom. The third-order valence-corrected chi connectivity index (χ3v) is 4.49. The van der Waals surface area contributed by atoms with E-state index in [1.165, 1.54) is 30.3 Å². The van der Waals surface area contributed by atoms with E-state index in [1.54, 1.807) is 12.1 Å². The lowest BCUT2D eigenvalue weighted by Crippen LogP contribution is -2.54. The van der Waals surface area contributed by atoms with Crippen molar-refractivity contribution in [3.05, 3.63) is 69.2 Å². The Bertz CT molecular complexity index is 886. The molecule has 26 heavy (non-hydrogen) atoms. The van der Waals surface area contributed by atoms with Crippen molar-refractivity contribution in [3.8, 4) is 0 Å². The van der Waals surface area contributed by atoms with Crippen molar-refractivity contribution < 1.29 is 22.7 Å². The fourth-order valence-corrected chi connectivity index (χ4v) is 3.04. The molecule has 3 rings (SSSR count). The number of nitrogens with zero attached hydrogens (tertiary/aromatic N) is 2.